The molecular formula is C14H23N3O. The zero-order chi connectivity index (χ0) is 13.4. The molecule has 0 fully saturated rings. The minimum Gasteiger partial charge on any atom is -0.354 e. The van der Waals surface area contributed by atoms with Crippen LogP contribution in [0.2, 0.25) is 0 Å². The number of amides is 1. The van der Waals surface area contributed by atoms with Crippen LogP contribution in [0.3, 0.4) is 0 Å². The molecule has 1 unspecified atom stereocenters. The van der Waals surface area contributed by atoms with E-state index in [1.165, 1.54) is 0 Å². The Morgan fingerprint density at radius 1 is 1.22 bits per heavy atom. The second-order valence-electron chi connectivity index (χ2n) is 4.52. The van der Waals surface area contributed by atoms with Gasteiger partial charge in [0.25, 0.3) is 0 Å². The second kappa shape index (κ2) is 7.84. The summed E-state index contributed by atoms with van der Waals surface area (Å²) in [5, 5.41) is 6.04. The summed E-state index contributed by atoms with van der Waals surface area (Å²) in [4.78, 5) is 14.1. The van der Waals surface area contributed by atoms with Crippen molar-refractivity contribution in [1.82, 2.24) is 15.5 Å². The van der Waals surface area contributed by atoms with Gasteiger partial charge >= 0.3 is 0 Å². The maximum absolute atomic E-state index is 12.2. The van der Waals surface area contributed by atoms with E-state index in [-0.39, 0.29) is 11.9 Å². The van der Waals surface area contributed by atoms with Crippen molar-refractivity contribution in [3.8, 4) is 0 Å². The van der Waals surface area contributed by atoms with Gasteiger partial charge in [-0.05, 0) is 39.7 Å². The molecule has 1 aromatic rings. The van der Waals surface area contributed by atoms with E-state index >= 15 is 0 Å². The van der Waals surface area contributed by atoms with Gasteiger partial charge in [-0.25, -0.2) is 0 Å². The van der Waals surface area contributed by atoms with Crippen LogP contribution in [0, 0.1) is 0 Å². The quantitative estimate of drug-likeness (QED) is 0.709. The van der Waals surface area contributed by atoms with E-state index in [0.29, 0.717) is 6.54 Å². The molecule has 0 aliphatic heterocycles. The van der Waals surface area contributed by atoms with Gasteiger partial charge in [0.05, 0.1) is 0 Å². The lowest BCUT2D eigenvalue weighted by Gasteiger charge is -2.23. The number of benzene rings is 1. The summed E-state index contributed by atoms with van der Waals surface area (Å²) >= 11 is 0. The molecule has 0 saturated heterocycles. The van der Waals surface area contributed by atoms with Crippen LogP contribution in [0.5, 0.6) is 0 Å². The van der Waals surface area contributed by atoms with E-state index in [9.17, 15) is 4.79 Å². The largest absolute Gasteiger partial charge is 0.354 e. The number of hydrogen-bond acceptors (Lipinski definition) is 3. The van der Waals surface area contributed by atoms with Crippen molar-refractivity contribution in [2.45, 2.75) is 12.5 Å². The first-order valence-corrected chi connectivity index (χ1v) is 6.30. The molecule has 0 radical (unpaired) electrons. The Bertz CT molecular complexity index is 351. The summed E-state index contributed by atoms with van der Waals surface area (Å²) in [7, 11) is 5.75. The topological polar surface area (TPSA) is 44.4 Å². The molecule has 0 aliphatic carbocycles. The molecule has 0 aliphatic rings. The van der Waals surface area contributed by atoms with Crippen molar-refractivity contribution in [3.05, 3.63) is 35.9 Å². The Labute approximate surface area is 109 Å². The van der Waals surface area contributed by atoms with Gasteiger partial charge in [0.2, 0.25) is 5.91 Å². The lowest BCUT2D eigenvalue weighted by molar-refractivity contribution is -0.125. The smallest absolute Gasteiger partial charge is 0.241 e. The molecule has 1 rings (SSSR count). The predicted octanol–water partition coefficient (Wildman–Crippen LogP) is 1.01. The maximum atomic E-state index is 12.2. The van der Waals surface area contributed by atoms with Gasteiger partial charge in [-0.3, -0.25) is 9.69 Å². The number of carbonyl (C=O) groups is 1. The van der Waals surface area contributed by atoms with Crippen LogP contribution in [-0.2, 0) is 4.79 Å². The monoisotopic (exact) mass is 249 g/mol. The van der Waals surface area contributed by atoms with Gasteiger partial charge < -0.3 is 10.6 Å². The standard InChI is InChI=1S/C14H23N3O/c1-15-10-7-11-16-14(18)13(17(2)3)12-8-5-4-6-9-12/h4-6,8-9,13,15H,7,10-11H2,1-3H3,(H,16,18). The highest BCUT2D eigenvalue weighted by Crippen LogP contribution is 2.17. The molecule has 100 valence electrons. The van der Waals surface area contributed by atoms with Crippen molar-refractivity contribution >= 4 is 5.91 Å². The first kappa shape index (κ1) is 14.7. The van der Waals surface area contributed by atoms with Gasteiger partial charge in [-0.2, -0.15) is 0 Å². The van der Waals surface area contributed by atoms with E-state index in [4.69, 9.17) is 0 Å². The van der Waals surface area contributed by atoms with Crippen LogP contribution in [0.1, 0.15) is 18.0 Å². The van der Waals surface area contributed by atoms with Crippen molar-refractivity contribution in [2.24, 2.45) is 0 Å². The number of hydrogen-bond donors (Lipinski definition) is 2. The molecule has 18 heavy (non-hydrogen) atoms. The molecule has 0 saturated carbocycles. The van der Waals surface area contributed by atoms with Gasteiger partial charge in [0, 0.05) is 6.54 Å². The summed E-state index contributed by atoms with van der Waals surface area (Å²) in [5.41, 5.74) is 1.02. The summed E-state index contributed by atoms with van der Waals surface area (Å²) < 4.78 is 0. The fraction of sp³-hybridized carbons (Fsp3) is 0.500. The minimum atomic E-state index is -0.221. The lowest BCUT2D eigenvalue weighted by Crippen LogP contribution is -2.37. The minimum absolute atomic E-state index is 0.0577. The average molecular weight is 249 g/mol. The van der Waals surface area contributed by atoms with Gasteiger partial charge in [-0.15, -0.1) is 0 Å². The van der Waals surface area contributed by atoms with Gasteiger partial charge in [-0.1, -0.05) is 30.3 Å². The third-order valence-electron chi connectivity index (χ3n) is 2.78. The maximum Gasteiger partial charge on any atom is 0.241 e. The van der Waals surface area contributed by atoms with E-state index in [2.05, 4.69) is 10.6 Å². The normalized spacial score (nSPS) is 12.4. The number of nitrogens with one attached hydrogen (secondary N) is 2. The summed E-state index contributed by atoms with van der Waals surface area (Å²) in [6.07, 6.45) is 0.942. The van der Waals surface area contributed by atoms with E-state index in [0.717, 1.165) is 18.5 Å². The second-order valence-corrected chi connectivity index (χ2v) is 4.52. The molecule has 1 atom stereocenters. The van der Waals surface area contributed by atoms with Crippen LogP contribution in [0.15, 0.2) is 30.3 Å². The van der Waals surface area contributed by atoms with Crippen molar-refractivity contribution in [1.29, 1.82) is 0 Å². The van der Waals surface area contributed by atoms with Gasteiger partial charge in [0.15, 0.2) is 0 Å². The molecule has 1 amide bonds. The molecule has 4 nitrogen and oxygen atoms in total. The molecule has 0 spiro atoms. The van der Waals surface area contributed by atoms with E-state index < -0.39 is 0 Å². The van der Waals surface area contributed by atoms with E-state index in [1.54, 1.807) is 0 Å². The Morgan fingerprint density at radius 2 is 1.89 bits per heavy atom. The van der Waals surface area contributed by atoms with Crippen LogP contribution >= 0.6 is 0 Å². The number of carbonyl (C=O) groups excluding carboxylic acids is 1. The van der Waals surface area contributed by atoms with Crippen molar-refractivity contribution in [3.63, 3.8) is 0 Å². The number of nitrogens with zero attached hydrogens (tertiary/aromatic N) is 1. The predicted molar refractivity (Wildman–Crippen MR) is 74.4 cm³/mol. The first-order chi connectivity index (χ1) is 8.66. The SMILES string of the molecule is CNCCCNC(=O)C(c1ccccc1)N(C)C. The fourth-order valence-corrected chi connectivity index (χ4v) is 1.89. The van der Waals surface area contributed by atoms with Crippen molar-refractivity contribution < 1.29 is 4.79 Å². The molecule has 0 bridgehead atoms. The summed E-state index contributed by atoms with van der Waals surface area (Å²) in [6.45, 7) is 1.62. The van der Waals surface area contributed by atoms with Crippen LogP contribution in [-0.4, -0.2) is 45.0 Å². The highest BCUT2D eigenvalue weighted by Gasteiger charge is 2.21. The van der Waals surface area contributed by atoms with Crippen LogP contribution in [0.4, 0.5) is 0 Å². The molecule has 4 heteroatoms. The zero-order valence-electron chi connectivity index (χ0n) is 11.4. The number of likely N-dealkylation sites (N-methyl/N-ethyl adjacent to an activating group) is 1. The third kappa shape index (κ3) is 4.47. The van der Waals surface area contributed by atoms with Crippen LogP contribution in [0.25, 0.3) is 0 Å². The zero-order valence-corrected chi connectivity index (χ0v) is 11.4. The Morgan fingerprint density at radius 3 is 2.44 bits per heavy atom. The third-order valence-corrected chi connectivity index (χ3v) is 2.78. The molecule has 1 aromatic carbocycles. The average Bonchev–Trinajstić information content (AvgIpc) is 2.36. The Kier molecular flexibility index (Phi) is 6.39. The fourth-order valence-electron chi connectivity index (χ4n) is 1.89. The Hall–Kier alpha value is -1.39. The van der Waals surface area contributed by atoms with E-state index in [1.807, 2.05) is 56.4 Å². The van der Waals surface area contributed by atoms with Gasteiger partial charge in [0.1, 0.15) is 6.04 Å². The molecule has 2 N–H and O–H groups in total. The lowest BCUT2D eigenvalue weighted by atomic mass is 10.1. The summed E-state index contributed by atoms with van der Waals surface area (Å²) in [5.74, 6) is 0.0577. The molecule has 0 aromatic heterocycles. The molecule has 0 heterocycles. The van der Waals surface area contributed by atoms with Crippen molar-refractivity contribution in [2.75, 3.05) is 34.2 Å². The number of rotatable bonds is 7. The first-order valence-electron chi connectivity index (χ1n) is 6.30. The van der Waals surface area contributed by atoms with Crippen LogP contribution < -0.4 is 10.6 Å². The Balaban J connectivity index is 2.60. The highest BCUT2D eigenvalue weighted by molar-refractivity contribution is 5.83. The molecular weight excluding hydrogens is 226 g/mol. The highest BCUT2D eigenvalue weighted by atomic mass is 16.2. The summed E-state index contributed by atoms with van der Waals surface area (Å²) in [6, 6.07) is 9.62.